The van der Waals surface area contributed by atoms with Gasteiger partial charge in [-0.05, 0) is 13.0 Å². The van der Waals surface area contributed by atoms with Crippen LogP contribution in [0.5, 0.6) is 0 Å². The molecule has 6 nitrogen and oxygen atoms in total. The summed E-state index contributed by atoms with van der Waals surface area (Å²) in [5, 5.41) is 9.23. The van der Waals surface area contributed by atoms with Gasteiger partial charge in [0.15, 0.2) is 5.82 Å². The Bertz CT molecular complexity index is 799. The Hall–Kier alpha value is -2.25. The smallest absolute Gasteiger partial charge is 0.271 e. The summed E-state index contributed by atoms with van der Waals surface area (Å²) in [5.41, 5.74) is 3.73. The fourth-order valence-corrected chi connectivity index (χ4v) is 2.58. The fraction of sp³-hybridized carbons (Fsp3) is 0.143. The number of amides is 1. The minimum atomic E-state index is -0.216. The third-order valence-corrected chi connectivity index (χ3v) is 3.75. The van der Waals surface area contributed by atoms with Crippen molar-refractivity contribution in [2.45, 2.75) is 13.5 Å². The van der Waals surface area contributed by atoms with Gasteiger partial charge in [-0.3, -0.25) is 4.79 Å². The molecule has 3 heterocycles. The first-order valence-electron chi connectivity index (χ1n) is 6.47. The van der Waals surface area contributed by atoms with E-state index in [-0.39, 0.29) is 5.91 Å². The maximum atomic E-state index is 12.0. The second-order valence-corrected chi connectivity index (χ2v) is 5.75. The van der Waals surface area contributed by atoms with Crippen molar-refractivity contribution in [2.24, 2.45) is 0 Å². The molecule has 3 rings (SSSR count). The molecule has 8 heteroatoms. The highest BCUT2D eigenvalue weighted by molar-refractivity contribution is 7.07. The Morgan fingerprint density at radius 2 is 2.32 bits per heavy atom. The predicted molar refractivity (Wildman–Crippen MR) is 84.4 cm³/mol. The molecule has 112 valence electrons. The van der Waals surface area contributed by atoms with Crippen LogP contribution < -0.4 is 5.32 Å². The number of halogens is 1. The van der Waals surface area contributed by atoms with Crippen molar-refractivity contribution in [2.75, 3.05) is 0 Å². The highest BCUT2D eigenvalue weighted by Crippen LogP contribution is 2.15. The summed E-state index contributed by atoms with van der Waals surface area (Å²) < 4.78 is 1.60. The molecule has 1 N–H and O–H groups in total. The molecule has 0 fully saturated rings. The number of pyridine rings is 1. The number of aryl methyl sites for hydroxylation is 1. The molecule has 0 spiro atoms. The minimum Gasteiger partial charge on any atom is -0.346 e. The van der Waals surface area contributed by atoms with Crippen molar-refractivity contribution in [1.29, 1.82) is 0 Å². The van der Waals surface area contributed by atoms with E-state index in [0.717, 1.165) is 11.3 Å². The van der Waals surface area contributed by atoms with Crippen LogP contribution in [-0.2, 0) is 6.54 Å². The zero-order valence-corrected chi connectivity index (χ0v) is 13.2. The zero-order chi connectivity index (χ0) is 15.5. The Morgan fingerprint density at radius 3 is 3.00 bits per heavy atom. The molecule has 0 aliphatic rings. The number of hydrogen-bond donors (Lipinski definition) is 1. The van der Waals surface area contributed by atoms with E-state index in [2.05, 4.69) is 20.4 Å². The van der Waals surface area contributed by atoms with E-state index in [1.807, 2.05) is 19.1 Å². The van der Waals surface area contributed by atoms with Crippen molar-refractivity contribution in [3.8, 4) is 5.82 Å². The van der Waals surface area contributed by atoms with Gasteiger partial charge >= 0.3 is 0 Å². The quantitative estimate of drug-likeness (QED) is 0.796. The van der Waals surface area contributed by atoms with Crippen LogP contribution in [0.15, 0.2) is 35.4 Å². The van der Waals surface area contributed by atoms with Crippen molar-refractivity contribution in [1.82, 2.24) is 25.1 Å². The van der Waals surface area contributed by atoms with Gasteiger partial charge in [0.2, 0.25) is 0 Å². The van der Waals surface area contributed by atoms with Gasteiger partial charge in [0.1, 0.15) is 5.69 Å². The van der Waals surface area contributed by atoms with E-state index in [9.17, 15) is 4.79 Å². The average Bonchev–Trinajstić information content (AvgIpc) is 3.17. The molecule has 0 unspecified atom stereocenters. The Balaban J connectivity index is 1.83. The minimum absolute atomic E-state index is 0.216. The van der Waals surface area contributed by atoms with Crippen LogP contribution >= 0.6 is 22.9 Å². The maximum Gasteiger partial charge on any atom is 0.271 e. The topological polar surface area (TPSA) is 72.7 Å². The molecule has 0 bridgehead atoms. The van der Waals surface area contributed by atoms with Crippen LogP contribution in [0.25, 0.3) is 5.82 Å². The molecule has 0 radical (unpaired) electrons. The highest BCUT2D eigenvalue weighted by Gasteiger charge is 2.12. The number of rotatable bonds is 4. The summed E-state index contributed by atoms with van der Waals surface area (Å²) >= 11 is 7.29. The lowest BCUT2D eigenvalue weighted by atomic mass is 10.2. The largest absolute Gasteiger partial charge is 0.346 e. The first kappa shape index (κ1) is 14.7. The van der Waals surface area contributed by atoms with Gasteiger partial charge < -0.3 is 5.32 Å². The molecule has 1 amide bonds. The Labute approximate surface area is 135 Å². The lowest BCUT2D eigenvalue weighted by Gasteiger charge is -2.10. The first-order chi connectivity index (χ1) is 10.6. The van der Waals surface area contributed by atoms with E-state index in [0.29, 0.717) is 23.1 Å². The molecule has 0 aliphatic heterocycles. The van der Waals surface area contributed by atoms with E-state index in [4.69, 9.17) is 11.6 Å². The van der Waals surface area contributed by atoms with Gasteiger partial charge in [-0.15, -0.1) is 11.3 Å². The molecule has 0 saturated heterocycles. The van der Waals surface area contributed by atoms with Crippen LogP contribution in [0.4, 0.5) is 0 Å². The summed E-state index contributed by atoms with van der Waals surface area (Å²) in [4.78, 5) is 20.4. The lowest BCUT2D eigenvalue weighted by molar-refractivity contribution is 0.0946. The molecule has 0 saturated carbocycles. The molecule has 0 aromatic carbocycles. The van der Waals surface area contributed by atoms with Crippen LogP contribution in [0.3, 0.4) is 0 Å². The van der Waals surface area contributed by atoms with Crippen LogP contribution in [-0.4, -0.2) is 25.7 Å². The number of carbonyl (C=O) groups excluding carboxylic acids is 1. The van der Waals surface area contributed by atoms with Gasteiger partial charge in [-0.25, -0.2) is 14.6 Å². The number of nitrogens with one attached hydrogen (secondary N) is 1. The second-order valence-electron chi connectivity index (χ2n) is 4.59. The fourth-order valence-electron chi connectivity index (χ4n) is 1.92. The molecule has 22 heavy (non-hydrogen) atoms. The van der Waals surface area contributed by atoms with E-state index >= 15 is 0 Å². The van der Waals surface area contributed by atoms with Gasteiger partial charge in [0.05, 0.1) is 22.9 Å². The van der Waals surface area contributed by atoms with E-state index in [1.54, 1.807) is 28.0 Å². The van der Waals surface area contributed by atoms with Crippen molar-refractivity contribution in [3.63, 3.8) is 0 Å². The molecule has 3 aromatic heterocycles. The Kier molecular flexibility index (Phi) is 4.17. The van der Waals surface area contributed by atoms with Gasteiger partial charge in [0.25, 0.3) is 5.91 Å². The summed E-state index contributed by atoms with van der Waals surface area (Å²) in [6.45, 7) is 2.22. The van der Waals surface area contributed by atoms with Gasteiger partial charge in [0, 0.05) is 23.2 Å². The van der Waals surface area contributed by atoms with E-state index in [1.165, 1.54) is 11.3 Å². The normalized spacial score (nSPS) is 10.6. The number of nitrogens with zero attached hydrogens (tertiary/aromatic N) is 4. The van der Waals surface area contributed by atoms with Crippen molar-refractivity contribution < 1.29 is 4.79 Å². The first-order valence-corrected chi connectivity index (χ1v) is 7.79. The van der Waals surface area contributed by atoms with Crippen LogP contribution in [0.2, 0.25) is 5.02 Å². The van der Waals surface area contributed by atoms with Gasteiger partial charge in [-0.1, -0.05) is 17.7 Å². The highest BCUT2D eigenvalue weighted by atomic mass is 35.5. The van der Waals surface area contributed by atoms with E-state index < -0.39 is 0 Å². The van der Waals surface area contributed by atoms with Gasteiger partial charge in [-0.2, -0.15) is 5.10 Å². The monoisotopic (exact) mass is 333 g/mol. The van der Waals surface area contributed by atoms with Crippen LogP contribution in [0.1, 0.15) is 21.7 Å². The number of aromatic nitrogens is 4. The molecular weight excluding hydrogens is 322 g/mol. The summed E-state index contributed by atoms with van der Waals surface area (Å²) in [6.07, 6.45) is 3.22. The molecule has 3 aromatic rings. The van der Waals surface area contributed by atoms with Crippen molar-refractivity contribution in [3.05, 3.63) is 57.4 Å². The van der Waals surface area contributed by atoms with Crippen LogP contribution in [0, 0.1) is 6.92 Å². The van der Waals surface area contributed by atoms with Crippen molar-refractivity contribution >= 4 is 28.8 Å². The Morgan fingerprint density at radius 1 is 1.45 bits per heavy atom. The second kappa shape index (κ2) is 6.25. The predicted octanol–water partition coefficient (Wildman–Crippen LogP) is 2.62. The standard InChI is InChI=1S/C14H12ClN5OS/c1-9-2-3-10(4-16-14(21)12-7-22-8-17-12)13(19-9)20-6-11(15)5-18-20/h2-3,5-8H,4H2,1H3,(H,16,21). The summed E-state index contributed by atoms with van der Waals surface area (Å²) in [6, 6.07) is 3.80. The zero-order valence-electron chi connectivity index (χ0n) is 11.7. The summed E-state index contributed by atoms with van der Waals surface area (Å²) in [5.74, 6) is 0.428. The lowest BCUT2D eigenvalue weighted by Crippen LogP contribution is -2.24. The maximum absolute atomic E-state index is 12.0. The SMILES string of the molecule is Cc1ccc(CNC(=O)c2cscn2)c(-n2cc(Cl)cn2)n1. The molecule has 0 aliphatic carbocycles. The average molecular weight is 334 g/mol. The number of thiazole rings is 1. The summed E-state index contributed by atoms with van der Waals surface area (Å²) in [7, 11) is 0. The third-order valence-electron chi connectivity index (χ3n) is 2.97. The molecular formula is C14H12ClN5OS. The third kappa shape index (κ3) is 3.15. The number of hydrogen-bond acceptors (Lipinski definition) is 5. The molecule has 0 atom stereocenters. The number of carbonyl (C=O) groups is 1.